The van der Waals surface area contributed by atoms with Gasteiger partial charge in [-0.2, -0.15) is 5.26 Å². The SMILES string of the molecule is N#Cc1ccc(C[C@H](NC(=O)CC(c2ccccc2)(c2ccccc2)c2ccccc2)C(=O)O)cc1. The molecule has 0 heterocycles. The molecule has 5 heteroatoms. The lowest BCUT2D eigenvalue weighted by Crippen LogP contribution is -2.45. The first kappa shape index (κ1) is 24.4. The number of nitrogens with zero attached hydrogens (tertiary/aromatic N) is 1. The standard InChI is InChI=1S/C31H26N2O3/c32-22-24-18-16-23(17-19-24)20-28(30(35)36)33-29(34)21-31(25-10-4-1-5-11-25,26-12-6-2-7-13-26)27-14-8-3-9-15-27/h1-19,28H,20-21H2,(H,33,34)(H,35,36)/t28-/m0/s1. The van der Waals surface area contributed by atoms with Crippen LogP contribution in [-0.2, 0) is 21.4 Å². The molecule has 36 heavy (non-hydrogen) atoms. The summed E-state index contributed by atoms with van der Waals surface area (Å²) in [5.74, 6) is -1.48. The van der Waals surface area contributed by atoms with Gasteiger partial charge in [0.2, 0.25) is 5.91 Å². The van der Waals surface area contributed by atoms with Crippen molar-refractivity contribution in [3.8, 4) is 6.07 Å². The van der Waals surface area contributed by atoms with Gasteiger partial charge in [0.25, 0.3) is 0 Å². The first-order valence-corrected chi connectivity index (χ1v) is 11.7. The summed E-state index contributed by atoms with van der Waals surface area (Å²) in [6.07, 6.45) is 0.143. The van der Waals surface area contributed by atoms with Gasteiger partial charge in [-0.1, -0.05) is 103 Å². The van der Waals surface area contributed by atoms with Crippen molar-refractivity contribution in [1.29, 1.82) is 5.26 Å². The number of benzene rings is 4. The highest BCUT2D eigenvalue weighted by molar-refractivity contribution is 5.85. The van der Waals surface area contributed by atoms with Gasteiger partial charge in [-0.25, -0.2) is 4.79 Å². The third kappa shape index (κ3) is 5.34. The Balaban J connectivity index is 1.70. The van der Waals surface area contributed by atoms with Gasteiger partial charge in [0.05, 0.1) is 17.0 Å². The van der Waals surface area contributed by atoms with Gasteiger partial charge < -0.3 is 10.4 Å². The van der Waals surface area contributed by atoms with Crippen LogP contribution in [0.15, 0.2) is 115 Å². The number of amides is 1. The third-order valence-electron chi connectivity index (χ3n) is 6.38. The average Bonchev–Trinajstić information content (AvgIpc) is 2.93. The van der Waals surface area contributed by atoms with E-state index in [1.807, 2.05) is 97.1 Å². The molecule has 0 aliphatic rings. The summed E-state index contributed by atoms with van der Waals surface area (Å²) in [5.41, 5.74) is 3.23. The lowest BCUT2D eigenvalue weighted by molar-refractivity contribution is -0.141. The highest BCUT2D eigenvalue weighted by Gasteiger charge is 2.39. The normalized spacial score (nSPS) is 11.8. The van der Waals surface area contributed by atoms with Crippen LogP contribution >= 0.6 is 0 Å². The van der Waals surface area contributed by atoms with E-state index >= 15 is 0 Å². The van der Waals surface area contributed by atoms with Crippen molar-refractivity contribution in [3.05, 3.63) is 143 Å². The first-order valence-electron chi connectivity index (χ1n) is 11.7. The minimum atomic E-state index is -1.11. The number of hydrogen-bond donors (Lipinski definition) is 2. The Hall–Kier alpha value is -4.69. The topological polar surface area (TPSA) is 90.2 Å². The molecule has 2 N–H and O–H groups in total. The fraction of sp³-hybridized carbons (Fsp3) is 0.129. The van der Waals surface area contributed by atoms with E-state index in [1.165, 1.54) is 0 Å². The summed E-state index contributed by atoms with van der Waals surface area (Å²) in [4.78, 5) is 25.6. The minimum absolute atomic E-state index is 0.0300. The van der Waals surface area contributed by atoms with Gasteiger partial charge in [0.15, 0.2) is 0 Å². The highest BCUT2D eigenvalue weighted by Crippen LogP contribution is 2.42. The van der Waals surface area contributed by atoms with E-state index in [4.69, 9.17) is 5.26 Å². The maximum absolute atomic E-state index is 13.6. The van der Waals surface area contributed by atoms with Crippen LogP contribution in [0.2, 0.25) is 0 Å². The zero-order chi connectivity index (χ0) is 25.4. The van der Waals surface area contributed by atoms with E-state index in [-0.39, 0.29) is 18.7 Å². The van der Waals surface area contributed by atoms with Crippen molar-refractivity contribution < 1.29 is 14.7 Å². The fourth-order valence-corrected chi connectivity index (χ4v) is 4.61. The van der Waals surface area contributed by atoms with Crippen LogP contribution in [0.1, 0.15) is 34.2 Å². The predicted octanol–water partition coefficient (Wildman–Crippen LogP) is 5.09. The molecule has 0 spiro atoms. The van der Waals surface area contributed by atoms with Crippen LogP contribution in [0.25, 0.3) is 0 Å². The lowest BCUT2D eigenvalue weighted by Gasteiger charge is -2.36. The quantitative estimate of drug-likeness (QED) is 0.331. The molecular formula is C31H26N2O3. The van der Waals surface area contributed by atoms with E-state index in [1.54, 1.807) is 24.3 Å². The Morgan fingerprint density at radius 1 is 0.750 bits per heavy atom. The monoisotopic (exact) mass is 474 g/mol. The largest absolute Gasteiger partial charge is 0.480 e. The lowest BCUT2D eigenvalue weighted by atomic mass is 9.67. The summed E-state index contributed by atoms with van der Waals surface area (Å²) in [6, 6.07) is 37.1. The molecule has 0 radical (unpaired) electrons. The molecular weight excluding hydrogens is 448 g/mol. The molecule has 0 saturated carbocycles. The molecule has 5 nitrogen and oxygen atoms in total. The summed E-state index contributed by atoms with van der Waals surface area (Å²) in [7, 11) is 0. The molecule has 1 atom stereocenters. The molecule has 1 amide bonds. The van der Waals surface area contributed by atoms with Crippen LogP contribution < -0.4 is 5.32 Å². The highest BCUT2D eigenvalue weighted by atomic mass is 16.4. The van der Waals surface area contributed by atoms with Gasteiger partial charge in [-0.15, -0.1) is 0 Å². The van der Waals surface area contributed by atoms with Gasteiger partial charge >= 0.3 is 5.97 Å². The third-order valence-corrected chi connectivity index (χ3v) is 6.38. The molecule has 0 fully saturated rings. The number of nitriles is 1. The second kappa shape index (κ2) is 11.2. The van der Waals surface area contributed by atoms with Crippen LogP contribution in [-0.4, -0.2) is 23.0 Å². The van der Waals surface area contributed by atoms with E-state index in [9.17, 15) is 14.7 Å². The van der Waals surface area contributed by atoms with Crippen LogP contribution in [0, 0.1) is 11.3 Å². The first-order chi connectivity index (χ1) is 17.5. The summed E-state index contributed by atoms with van der Waals surface area (Å²) < 4.78 is 0. The predicted molar refractivity (Wildman–Crippen MR) is 138 cm³/mol. The van der Waals surface area contributed by atoms with E-state index in [0.29, 0.717) is 5.56 Å². The molecule has 0 aliphatic carbocycles. The Morgan fingerprint density at radius 2 is 1.19 bits per heavy atom. The number of nitrogens with one attached hydrogen (secondary N) is 1. The number of carboxylic acids is 1. The van der Waals surface area contributed by atoms with Gasteiger partial charge in [-0.3, -0.25) is 4.79 Å². The van der Waals surface area contributed by atoms with Crippen molar-refractivity contribution in [2.24, 2.45) is 0 Å². The number of rotatable bonds is 9. The van der Waals surface area contributed by atoms with Crippen LogP contribution in [0.3, 0.4) is 0 Å². The van der Waals surface area contributed by atoms with Gasteiger partial charge in [-0.05, 0) is 34.4 Å². The zero-order valence-electron chi connectivity index (χ0n) is 19.7. The van der Waals surface area contributed by atoms with Gasteiger partial charge in [0, 0.05) is 12.8 Å². The fourth-order valence-electron chi connectivity index (χ4n) is 4.61. The number of aliphatic carboxylic acids is 1. The molecule has 0 saturated heterocycles. The van der Waals surface area contributed by atoms with Crippen molar-refractivity contribution in [1.82, 2.24) is 5.32 Å². The Labute approximate surface area is 210 Å². The maximum Gasteiger partial charge on any atom is 0.326 e. The van der Waals surface area contributed by atoms with Crippen LogP contribution in [0.5, 0.6) is 0 Å². The molecule has 0 aliphatic heterocycles. The van der Waals surface area contributed by atoms with Crippen molar-refractivity contribution in [3.63, 3.8) is 0 Å². The Bertz CT molecular complexity index is 1250. The molecule has 0 aromatic heterocycles. The summed E-state index contributed by atoms with van der Waals surface area (Å²) >= 11 is 0. The summed E-state index contributed by atoms with van der Waals surface area (Å²) in [6.45, 7) is 0. The Kier molecular flexibility index (Phi) is 7.57. The molecule has 4 rings (SSSR count). The molecule has 4 aromatic carbocycles. The van der Waals surface area contributed by atoms with Crippen molar-refractivity contribution in [2.45, 2.75) is 24.3 Å². The van der Waals surface area contributed by atoms with E-state index < -0.39 is 17.4 Å². The number of carbonyl (C=O) groups excluding carboxylic acids is 1. The minimum Gasteiger partial charge on any atom is -0.480 e. The molecule has 178 valence electrons. The number of carbonyl (C=O) groups is 2. The second-order valence-electron chi connectivity index (χ2n) is 8.65. The zero-order valence-corrected chi connectivity index (χ0v) is 19.7. The smallest absolute Gasteiger partial charge is 0.326 e. The molecule has 0 unspecified atom stereocenters. The van der Waals surface area contributed by atoms with E-state index in [2.05, 4.69) is 5.32 Å². The Morgan fingerprint density at radius 3 is 1.58 bits per heavy atom. The maximum atomic E-state index is 13.6. The van der Waals surface area contributed by atoms with E-state index in [0.717, 1.165) is 22.3 Å². The summed E-state index contributed by atoms with van der Waals surface area (Å²) in [5, 5.41) is 21.6. The number of carboxylic acid groups (broad SMARTS) is 1. The number of hydrogen-bond acceptors (Lipinski definition) is 3. The molecule has 0 bridgehead atoms. The van der Waals surface area contributed by atoms with Crippen molar-refractivity contribution in [2.75, 3.05) is 0 Å². The van der Waals surface area contributed by atoms with Gasteiger partial charge in [0.1, 0.15) is 6.04 Å². The average molecular weight is 475 g/mol. The molecule has 4 aromatic rings. The van der Waals surface area contributed by atoms with Crippen LogP contribution in [0.4, 0.5) is 0 Å². The second-order valence-corrected chi connectivity index (χ2v) is 8.65. The van der Waals surface area contributed by atoms with Crippen molar-refractivity contribution >= 4 is 11.9 Å².